The fourth-order valence-corrected chi connectivity index (χ4v) is 3.22. The van der Waals surface area contributed by atoms with E-state index >= 15 is 0 Å². The lowest BCUT2D eigenvalue weighted by Gasteiger charge is -2.24. The Labute approximate surface area is 127 Å². The van der Waals surface area contributed by atoms with E-state index in [2.05, 4.69) is 39.4 Å². The van der Waals surface area contributed by atoms with E-state index in [1.165, 1.54) is 16.9 Å². The molecule has 0 saturated carbocycles. The number of nitrogens with zero attached hydrogens (tertiary/aromatic N) is 3. The van der Waals surface area contributed by atoms with Gasteiger partial charge in [0.15, 0.2) is 5.01 Å². The molecule has 1 aliphatic rings. The number of nitrogens with one attached hydrogen (secondary N) is 2. The first-order valence-electron chi connectivity index (χ1n) is 7.18. The van der Waals surface area contributed by atoms with Crippen LogP contribution in [0.1, 0.15) is 24.6 Å². The summed E-state index contributed by atoms with van der Waals surface area (Å²) in [6, 6.07) is 1.97. The van der Waals surface area contributed by atoms with Gasteiger partial charge in [0.05, 0.1) is 5.56 Å². The zero-order valence-corrected chi connectivity index (χ0v) is 13.1. The van der Waals surface area contributed by atoms with Gasteiger partial charge in [-0.2, -0.15) is 0 Å². The van der Waals surface area contributed by atoms with Crippen LogP contribution in [-0.2, 0) is 13.0 Å². The number of hydrogen-bond acceptors (Lipinski definition) is 6. The summed E-state index contributed by atoms with van der Waals surface area (Å²) < 4.78 is 0. The Morgan fingerprint density at radius 1 is 1.48 bits per heavy atom. The van der Waals surface area contributed by atoms with Gasteiger partial charge in [-0.25, -0.2) is 0 Å². The molecule has 2 aromatic heterocycles. The minimum Gasteiger partial charge on any atom is -0.360 e. The Bertz CT molecular complexity index is 693. The molecule has 6 nitrogen and oxygen atoms in total. The van der Waals surface area contributed by atoms with Crippen molar-refractivity contribution < 1.29 is 0 Å². The summed E-state index contributed by atoms with van der Waals surface area (Å²) in [5.74, 6) is 0. The Morgan fingerprint density at radius 2 is 2.33 bits per heavy atom. The molecule has 1 aliphatic heterocycles. The van der Waals surface area contributed by atoms with Crippen LogP contribution < -0.4 is 10.9 Å². The number of likely N-dealkylation sites (N-methyl/N-ethyl adjacent to an activating group) is 1. The van der Waals surface area contributed by atoms with Gasteiger partial charge >= 0.3 is 0 Å². The van der Waals surface area contributed by atoms with Crippen LogP contribution in [0, 0.1) is 0 Å². The van der Waals surface area contributed by atoms with Crippen molar-refractivity contribution in [2.75, 3.05) is 25.5 Å². The zero-order valence-electron chi connectivity index (χ0n) is 12.3. The van der Waals surface area contributed by atoms with E-state index < -0.39 is 0 Å². The summed E-state index contributed by atoms with van der Waals surface area (Å²) in [4.78, 5) is 17.5. The van der Waals surface area contributed by atoms with Crippen molar-refractivity contribution in [2.24, 2.45) is 0 Å². The van der Waals surface area contributed by atoms with Gasteiger partial charge in [0.1, 0.15) is 0 Å². The molecule has 0 atom stereocenters. The largest absolute Gasteiger partial charge is 0.360 e. The van der Waals surface area contributed by atoms with Gasteiger partial charge in [0, 0.05) is 31.7 Å². The molecule has 3 heterocycles. The fourth-order valence-electron chi connectivity index (χ4n) is 2.44. The third-order valence-electron chi connectivity index (χ3n) is 3.58. The Balaban J connectivity index is 1.93. The van der Waals surface area contributed by atoms with Crippen LogP contribution in [0.4, 0.5) is 5.13 Å². The molecule has 0 spiro atoms. The number of aromatic nitrogens is 3. The molecule has 2 N–H and O–H groups in total. The second kappa shape index (κ2) is 5.95. The van der Waals surface area contributed by atoms with Crippen molar-refractivity contribution in [1.29, 1.82) is 0 Å². The third-order valence-corrected chi connectivity index (χ3v) is 4.49. The van der Waals surface area contributed by atoms with Crippen molar-refractivity contribution in [3.8, 4) is 10.6 Å². The molecule has 7 heteroatoms. The van der Waals surface area contributed by atoms with Gasteiger partial charge < -0.3 is 15.2 Å². The second-order valence-electron chi connectivity index (χ2n) is 5.34. The molecule has 0 aliphatic carbocycles. The standard InChI is InChI=1S/C14H19N5OS/c1-3-5-15-14-18-17-13(21-14)10-7-9-8-19(2)6-4-11(9)16-12(10)20/h7H,3-6,8H2,1-2H3,(H,15,18)(H,16,20). The van der Waals surface area contributed by atoms with Crippen molar-refractivity contribution in [2.45, 2.75) is 26.3 Å². The molecule has 0 unspecified atom stereocenters. The van der Waals surface area contributed by atoms with E-state index in [0.717, 1.165) is 43.3 Å². The molecule has 112 valence electrons. The maximum Gasteiger partial charge on any atom is 0.258 e. The van der Waals surface area contributed by atoms with Crippen molar-refractivity contribution in [3.63, 3.8) is 0 Å². The van der Waals surface area contributed by atoms with Gasteiger partial charge in [-0.15, -0.1) is 10.2 Å². The first-order valence-corrected chi connectivity index (χ1v) is 8.00. The van der Waals surface area contributed by atoms with Crippen molar-refractivity contribution >= 4 is 16.5 Å². The summed E-state index contributed by atoms with van der Waals surface area (Å²) in [5, 5.41) is 12.9. The van der Waals surface area contributed by atoms with Crippen LogP contribution in [0.25, 0.3) is 10.6 Å². The van der Waals surface area contributed by atoms with Crippen molar-refractivity contribution in [1.82, 2.24) is 20.1 Å². The van der Waals surface area contributed by atoms with Crippen LogP contribution in [0.5, 0.6) is 0 Å². The Hall–Kier alpha value is -1.73. The number of fused-ring (bicyclic) bond motifs is 1. The lowest BCUT2D eigenvalue weighted by atomic mass is 10.0. The van der Waals surface area contributed by atoms with E-state index in [-0.39, 0.29) is 5.56 Å². The molecule has 0 bridgehead atoms. The van der Waals surface area contributed by atoms with Crippen LogP contribution in [0.3, 0.4) is 0 Å². The normalized spacial score (nSPS) is 15.0. The number of H-pyrrole nitrogens is 1. The predicted octanol–water partition coefficient (Wildman–Crippen LogP) is 1.70. The molecule has 0 fully saturated rings. The summed E-state index contributed by atoms with van der Waals surface area (Å²) in [5.41, 5.74) is 2.77. The Morgan fingerprint density at radius 3 is 3.14 bits per heavy atom. The van der Waals surface area contributed by atoms with Crippen LogP contribution in [-0.4, -0.2) is 40.2 Å². The molecular weight excluding hydrogens is 286 g/mol. The molecule has 0 amide bonds. The monoisotopic (exact) mass is 305 g/mol. The highest BCUT2D eigenvalue weighted by molar-refractivity contribution is 7.18. The highest BCUT2D eigenvalue weighted by atomic mass is 32.1. The summed E-state index contributed by atoms with van der Waals surface area (Å²) in [6.45, 7) is 4.80. The molecule has 3 rings (SSSR count). The van der Waals surface area contributed by atoms with Gasteiger partial charge in [-0.1, -0.05) is 18.3 Å². The van der Waals surface area contributed by atoms with Crippen molar-refractivity contribution in [3.05, 3.63) is 27.7 Å². The first kappa shape index (κ1) is 14.2. The van der Waals surface area contributed by atoms with Gasteiger partial charge in [0.2, 0.25) is 5.13 Å². The van der Waals surface area contributed by atoms with E-state index in [9.17, 15) is 4.79 Å². The van der Waals surface area contributed by atoms with E-state index in [0.29, 0.717) is 10.6 Å². The fraction of sp³-hybridized carbons (Fsp3) is 0.500. The minimum absolute atomic E-state index is 0.0727. The molecule has 21 heavy (non-hydrogen) atoms. The van der Waals surface area contributed by atoms with E-state index in [1.54, 1.807) is 0 Å². The lowest BCUT2D eigenvalue weighted by molar-refractivity contribution is 0.309. The number of rotatable bonds is 4. The van der Waals surface area contributed by atoms with Gasteiger partial charge in [-0.3, -0.25) is 4.79 Å². The number of anilines is 1. The number of hydrogen-bond donors (Lipinski definition) is 2. The maximum absolute atomic E-state index is 12.2. The molecule has 0 aromatic carbocycles. The Kier molecular flexibility index (Phi) is 4.03. The SMILES string of the molecule is CCCNc1nnc(-c2cc3c([nH]c2=O)CCN(C)C3)s1. The third kappa shape index (κ3) is 2.98. The summed E-state index contributed by atoms with van der Waals surface area (Å²) >= 11 is 1.42. The second-order valence-corrected chi connectivity index (χ2v) is 6.32. The lowest BCUT2D eigenvalue weighted by Crippen LogP contribution is -2.29. The number of aromatic amines is 1. The van der Waals surface area contributed by atoms with Crippen LogP contribution in [0.15, 0.2) is 10.9 Å². The minimum atomic E-state index is -0.0727. The molecule has 0 saturated heterocycles. The van der Waals surface area contributed by atoms with Crippen LogP contribution >= 0.6 is 11.3 Å². The zero-order chi connectivity index (χ0) is 14.8. The summed E-state index contributed by atoms with van der Waals surface area (Å²) in [6.07, 6.45) is 1.92. The highest BCUT2D eigenvalue weighted by Crippen LogP contribution is 2.26. The average molecular weight is 305 g/mol. The molecular formula is C14H19N5OS. The smallest absolute Gasteiger partial charge is 0.258 e. The first-order chi connectivity index (χ1) is 10.2. The summed E-state index contributed by atoms with van der Waals surface area (Å²) in [7, 11) is 2.09. The molecule has 0 radical (unpaired) electrons. The number of pyridine rings is 1. The topological polar surface area (TPSA) is 73.9 Å². The average Bonchev–Trinajstić information content (AvgIpc) is 2.93. The quantitative estimate of drug-likeness (QED) is 0.899. The van der Waals surface area contributed by atoms with Crippen LogP contribution in [0.2, 0.25) is 0 Å². The van der Waals surface area contributed by atoms with Gasteiger partial charge in [0.25, 0.3) is 5.56 Å². The van der Waals surface area contributed by atoms with E-state index in [4.69, 9.17) is 0 Å². The molecule has 2 aromatic rings. The predicted molar refractivity (Wildman–Crippen MR) is 84.8 cm³/mol. The van der Waals surface area contributed by atoms with Gasteiger partial charge in [-0.05, 0) is 25.1 Å². The maximum atomic E-state index is 12.2. The highest BCUT2D eigenvalue weighted by Gasteiger charge is 2.18. The van der Waals surface area contributed by atoms with E-state index in [1.807, 2.05) is 6.07 Å².